The highest BCUT2D eigenvalue weighted by atomic mass is 32.2. The third-order valence-corrected chi connectivity index (χ3v) is 4.53. The van der Waals surface area contributed by atoms with Crippen LogP contribution in [0.4, 0.5) is 4.39 Å². The quantitative estimate of drug-likeness (QED) is 0.450. The number of aliphatic imine (C=N–C) groups is 1. The molecule has 1 heterocycles. The van der Waals surface area contributed by atoms with Crippen molar-refractivity contribution < 1.29 is 9.13 Å². The molecule has 0 aliphatic carbocycles. The number of nitrogens with one attached hydrogen (secondary N) is 2. The van der Waals surface area contributed by atoms with Gasteiger partial charge < -0.3 is 15.4 Å². The van der Waals surface area contributed by atoms with Gasteiger partial charge in [0, 0.05) is 25.9 Å². The maximum atomic E-state index is 13.4. The first-order chi connectivity index (χ1) is 11.7. The average molecular weight is 351 g/mol. The molecule has 0 atom stereocenters. The zero-order chi connectivity index (χ0) is 17.2. The lowest BCUT2D eigenvalue weighted by molar-refractivity contribution is 0.153. The fourth-order valence-corrected chi connectivity index (χ4v) is 3.17. The predicted octanol–water partition coefficient (Wildman–Crippen LogP) is 3.09. The second-order valence-electron chi connectivity index (χ2n) is 5.64. The molecular weight excluding hydrogens is 325 g/mol. The first-order valence-electron chi connectivity index (χ1n) is 8.19. The summed E-state index contributed by atoms with van der Waals surface area (Å²) in [5.41, 5.74) is 3.56. The van der Waals surface area contributed by atoms with Crippen LogP contribution >= 0.6 is 11.8 Å². The van der Waals surface area contributed by atoms with Gasteiger partial charge in [0.2, 0.25) is 0 Å². The molecule has 132 valence electrons. The molecule has 4 nitrogen and oxygen atoms in total. The topological polar surface area (TPSA) is 45.7 Å². The zero-order valence-electron chi connectivity index (χ0n) is 14.4. The van der Waals surface area contributed by atoms with Crippen LogP contribution in [0.3, 0.4) is 0 Å². The minimum Gasteiger partial charge on any atom is -0.377 e. The summed E-state index contributed by atoms with van der Waals surface area (Å²) in [6.07, 6.45) is 6.20. The van der Waals surface area contributed by atoms with E-state index in [1.54, 1.807) is 24.9 Å². The smallest absolute Gasteiger partial charge is 0.191 e. The fourth-order valence-electron chi connectivity index (χ4n) is 2.59. The average Bonchev–Trinajstić information content (AvgIpc) is 2.60. The van der Waals surface area contributed by atoms with Gasteiger partial charge in [0.05, 0.1) is 13.2 Å². The lowest BCUT2D eigenvalue weighted by atomic mass is 10.1. The van der Waals surface area contributed by atoms with Crippen molar-refractivity contribution in [3.8, 4) is 0 Å². The molecule has 2 N–H and O–H groups in total. The van der Waals surface area contributed by atoms with Gasteiger partial charge in [-0.25, -0.2) is 4.39 Å². The number of rotatable bonds is 7. The number of guanidine groups is 1. The van der Waals surface area contributed by atoms with Crippen molar-refractivity contribution in [1.29, 1.82) is 0 Å². The third-order valence-electron chi connectivity index (χ3n) is 3.93. The van der Waals surface area contributed by atoms with E-state index >= 15 is 0 Å². The molecule has 0 fully saturated rings. The summed E-state index contributed by atoms with van der Waals surface area (Å²) in [7, 11) is 1.76. The van der Waals surface area contributed by atoms with E-state index in [0.29, 0.717) is 6.54 Å². The molecule has 6 heteroatoms. The highest BCUT2D eigenvalue weighted by molar-refractivity contribution is 7.97. The van der Waals surface area contributed by atoms with Gasteiger partial charge in [-0.15, -0.1) is 0 Å². The van der Waals surface area contributed by atoms with E-state index in [-0.39, 0.29) is 5.82 Å². The Bertz CT molecular complexity index is 590. The highest BCUT2D eigenvalue weighted by Gasteiger charge is 2.07. The molecule has 0 aromatic heterocycles. The molecule has 0 saturated heterocycles. The molecule has 0 bridgehead atoms. The van der Waals surface area contributed by atoms with E-state index in [2.05, 4.69) is 21.7 Å². The third kappa shape index (κ3) is 6.17. The molecule has 1 aromatic rings. The Hall–Kier alpha value is -1.53. The second kappa shape index (κ2) is 10.4. The highest BCUT2D eigenvalue weighted by Crippen LogP contribution is 2.16. The van der Waals surface area contributed by atoms with E-state index in [9.17, 15) is 4.39 Å². The molecule has 0 radical (unpaired) electrons. The summed E-state index contributed by atoms with van der Waals surface area (Å²) in [4.78, 5) is 4.25. The van der Waals surface area contributed by atoms with Crippen LogP contribution < -0.4 is 10.6 Å². The van der Waals surface area contributed by atoms with Crippen molar-refractivity contribution in [2.24, 2.45) is 4.99 Å². The molecule has 24 heavy (non-hydrogen) atoms. The minimum absolute atomic E-state index is 0.185. The zero-order valence-corrected chi connectivity index (χ0v) is 15.2. The van der Waals surface area contributed by atoms with E-state index in [4.69, 9.17) is 4.74 Å². The molecule has 2 rings (SSSR count). The molecular formula is C18H26FN3OS. The van der Waals surface area contributed by atoms with Crippen LogP contribution in [0.15, 0.2) is 34.8 Å². The van der Waals surface area contributed by atoms with Crippen LogP contribution in [0.25, 0.3) is 0 Å². The fraction of sp³-hybridized carbons (Fsp3) is 0.500. The maximum Gasteiger partial charge on any atom is 0.191 e. The summed E-state index contributed by atoms with van der Waals surface area (Å²) in [5, 5.41) is 6.63. The summed E-state index contributed by atoms with van der Waals surface area (Å²) in [6, 6.07) is 4.96. The maximum absolute atomic E-state index is 13.4. The summed E-state index contributed by atoms with van der Waals surface area (Å²) in [5.74, 6) is 1.38. The molecule has 1 aromatic carbocycles. The number of hydrogen-bond acceptors (Lipinski definition) is 3. The van der Waals surface area contributed by atoms with E-state index in [1.807, 2.05) is 12.3 Å². The number of hydrogen-bond donors (Lipinski definition) is 2. The molecule has 0 unspecified atom stereocenters. The Morgan fingerprint density at radius 2 is 2.21 bits per heavy atom. The van der Waals surface area contributed by atoms with Crippen molar-refractivity contribution in [2.75, 3.05) is 33.1 Å². The largest absolute Gasteiger partial charge is 0.377 e. The lowest BCUT2D eigenvalue weighted by Crippen LogP contribution is -2.37. The van der Waals surface area contributed by atoms with Gasteiger partial charge in [0.1, 0.15) is 5.82 Å². The SMILES string of the molecule is CN=C(NCCC1=CCOCC1)NCc1ccc(F)cc1CSC. The summed E-state index contributed by atoms with van der Waals surface area (Å²) >= 11 is 1.69. The van der Waals surface area contributed by atoms with E-state index in [0.717, 1.165) is 55.4 Å². The Kier molecular flexibility index (Phi) is 8.12. The second-order valence-corrected chi connectivity index (χ2v) is 6.50. The predicted molar refractivity (Wildman–Crippen MR) is 100.0 cm³/mol. The van der Waals surface area contributed by atoms with E-state index < -0.39 is 0 Å². The number of halogens is 1. The van der Waals surface area contributed by atoms with Crippen molar-refractivity contribution in [1.82, 2.24) is 10.6 Å². The Morgan fingerprint density at radius 1 is 1.33 bits per heavy atom. The lowest BCUT2D eigenvalue weighted by Gasteiger charge is -2.16. The normalized spacial score (nSPS) is 15.1. The number of nitrogens with zero attached hydrogens (tertiary/aromatic N) is 1. The van der Waals surface area contributed by atoms with Gasteiger partial charge in [-0.1, -0.05) is 17.7 Å². The van der Waals surface area contributed by atoms with Gasteiger partial charge in [-0.3, -0.25) is 4.99 Å². The molecule has 1 aliphatic rings. The number of benzene rings is 1. The van der Waals surface area contributed by atoms with Crippen LogP contribution in [0, 0.1) is 5.82 Å². The van der Waals surface area contributed by atoms with E-state index in [1.165, 1.54) is 11.6 Å². The summed E-state index contributed by atoms with van der Waals surface area (Å²) in [6.45, 7) is 3.02. The van der Waals surface area contributed by atoms with Crippen molar-refractivity contribution in [3.63, 3.8) is 0 Å². The van der Waals surface area contributed by atoms with Crippen LogP contribution in [0.1, 0.15) is 24.0 Å². The number of ether oxygens (including phenoxy) is 1. The first kappa shape index (κ1) is 18.8. The summed E-state index contributed by atoms with van der Waals surface area (Å²) < 4.78 is 18.7. The van der Waals surface area contributed by atoms with Crippen molar-refractivity contribution >= 4 is 17.7 Å². The van der Waals surface area contributed by atoms with Crippen LogP contribution in [0.2, 0.25) is 0 Å². The molecule has 0 saturated carbocycles. The Labute approximate surface area is 148 Å². The monoisotopic (exact) mass is 351 g/mol. The van der Waals surface area contributed by atoms with Crippen molar-refractivity contribution in [2.45, 2.75) is 25.1 Å². The van der Waals surface area contributed by atoms with Crippen LogP contribution in [-0.4, -0.2) is 39.0 Å². The van der Waals surface area contributed by atoms with Gasteiger partial charge >= 0.3 is 0 Å². The Balaban J connectivity index is 1.82. The standard InChI is InChI=1S/C18H26FN3OS/c1-20-18(21-8-5-14-6-9-23-10-7-14)22-12-15-3-4-17(19)11-16(15)13-24-2/h3-4,6,11H,5,7-10,12-13H2,1-2H3,(H2,20,21,22). The van der Waals surface area contributed by atoms with Crippen molar-refractivity contribution in [3.05, 3.63) is 46.8 Å². The van der Waals surface area contributed by atoms with Gasteiger partial charge in [-0.05, 0) is 42.4 Å². The molecule has 1 aliphatic heterocycles. The minimum atomic E-state index is -0.185. The van der Waals surface area contributed by atoms with Gasteiger partial charge in [-0.2, -0.15) is 11.8 Å². The number of thioether (sulfide) groups is 1. The van der Waals surface area contributed by atoms with Crippen LogP contribution in [-0.2, 0) is 17.0 Å². The van der Waals surface area contributed by atoms with Crippen LogP contribution in [0.5, 0.6) is 0 Å². The Morgan fingerprint density at radius 3 is 2.92 bits per heavy atom. The molecule has 0 spiro atoms. The first-order valence-corrected chi connectivity index (χ1v) is 9.58. The van der Waals surface area contributed by atoms with Gasteiger partial charge in [0.25, 0.3) is 0 Å². The molecule has 0 amide bonds. The van der Waals surface area contributed by atoms with Gasteiger partial charge in [0.15, 0.2) is 5.96 Å².